The second kappa shape index (κ2) is 6.42. The molecule has 5 nitrogen and oxygen atoms in total. The SMILES string of the molecule is Cn1nc(-c2ccc(C#N)cc2)s/c1=N/C1CCC(O)CC1. The lowest BCUT2D eigenvalue weighted by Gasteiger charge is -2.21. The molecule has 0 unspecified atom stereocenters. The molecule has 1 fully saturated rings. The lowest BCUT2D eigenvalue weighted by atomic mass is 9.94. The van der Waals surface area contributed by atoms with Crippen LogP contribution in [0.1, 0.15) is 31.2 Å². The Morgan fingerprint density at radius 2 is 1.95 bits per heavy atom. The van der Waals surface area contributed by atoms with E-state index >= 15 is 0 Å². The zero-order valence-electron chi connectivity index (χ0n) is 12.4. The molecule has 1 heterocycles. The molecule has 0 saturated heterocycles. The van der Waals surface area contributed by atoms with Crippen molar-refractivity contribution in [1.29, 1.82) is 5.26 Å². The fraction of sp³-hybridized carbons (Fsp3) is 0.438. The van der Waals surface area contributed by atoms with Crippen LogP contribution >= 0.6 is 11.3 Å². The van der Waals surface area contributed by atoms with Crippen molar-refractivity contribution in [3.05, 3.63) is 34.6 Å². The molecule has 1 aliphatic carbocycles. The van der Waals surface area contributed by atoms with Gasteiger partial charge in [0.05, 0.1) is 23.8 Å². The first-order valence-electron chi connectivity index (χ1n) is 7.42. The van der Waals surface area contributed by atoms with Gasteiger partial charge in [0.25, 0.3) is 0 Å². The maximum absolute atomic E-state index is 9.56. The van der Waals surface area contributed by atoms with Crippen molar-refractivity contribution in [2.45, 2.75) is 37.8 Å². The second-order valence-electron chi connectivity index (χ2n) is 5.59. The first-order valence-corrected chi connectivity index (χ1v) is 8.24. The van der Waals surface area contributed by atoms with Gasteiger partial charge in [0.15, 0.2) is 0 Å². The average Bonchev–Trinajstić information content (AvgIpc) is 2.91. The minimum Gasteiger partial charge on any atom is -0.393 e. The van der Waals surface area contributed by atoms with Crippen molar-refractivity contribution >= 4 is 11.3 Å². The zero-order valence-corrected chi connectivity index (χ0v) is 13.3. The van der Waals surface area contributed by atoms with E-state index in [-0.39, 0.29) is 12.1 Å². The largest absolute Gasteiger partial charge is 0.393 e. The van der Waals surface area contributed by atoms with Crippen molar-refractivity contribution in [1.82, 2.24) is 9.78 Å². The second-order valence-corrected chi connectivity index (χ2v) is 6.55. The van der Waals surface area contributed by atoms with Gasteiger partial charge in [0.1, 0.15) is 5.01 Å². The Labute approximate surface area is 133 Å². The summed E-state index contributed by atoms with van der Waals surface area (Å²) in [5, 5.41) is 23.8. The standard InChI is InChI=1S/C16H18N4OS/c1-20-16(18-13-6-8-14(21)9-7-13)22-15(19-20)12-4-2-11(10-17)3-5-12/h2-5,13-14,21H,6-9H2,1H3/b18-16+. The monoisotopic (exact) mass is 314 g/mol. The molecule has 1 aromatic heterocycles. The first kappa shape index (κ1) is 14.9. The highest BCUT2D eigenvalue weighted by atomic mass is 32.1. The normalized spacial score (nSPS) is 22.5. The predicted octanol–water partition coefficient (Wildman–Crippen LogP) is 2.22. The molecule has 1 aliphatic rings. The molecule has 3 rings (SSSR count). The van der Waals surface area contributed by atoms with Crippen molar-refractivity contribution in [3.63, 3.8) is 0 Å². The van der Waals surface area contributed by atoms with E-state index in [9.17, 15) is 5.11 Å². The van der Waals surface area contributed by atoms with Crippen molar-refractivity contribution in [2.24, 2.45) is 12.0 Å². The van der Waals surface area contributed by atoms with E-state index in [4.69, 9.17) is 10.3 Å². The summed E-state index contributed by atoms with van der Waals surface area (Å²) >= 11 is 1.56. The van der Waals surface area contributed by atoms with Crippen molar-refractivity contribution in [2.75, 3.05) is 0 Å². The van der Waals surface area contributed by atoms with Gasteiger partial charge >= 0.3 is 0 Å². The van der Waals surface area contributed by atoms with Gasteiger partial charge in [0, 0.05) is 12.6 Å². The molecule has 0 aliphatic heterocycles. The number of nitrogens with zero attached hydrogens (tertiary/aromatic N) is 4. The molecule has 22 heavy (non-hydrogen) atoms. The molecular formula is C16H18N4OS. The zero-order chi connectivity index (χ0) is 15.5. The molecule has 0 radical (unpaired) electrons. The van der Waals surface area contributed by atoms with E-state index < -0.39 is 0 Å². The Bertz CT molecular complexity index is 746. The number of hydrogen-bond acceptors (Lipinski definition) is 5. The number of aromatic nitrogens is 2. The summed E-state index contributed by atoms with van der Waals surface area (Å²) in [5.41, 5.74) is 1.65. The smallest absolute Gasteiger partial charge is 0.203 e. The van der Waals surface area contributed by atoms with Gasteiger partial charge in [-0.25, -0.2) is 4.68 Å². The van der Waals surface area contributed by atoms with Crippen LogP contribution < -0.4 is 4.80 Å². The number of nitriles is 1. The maximum atomic E-state index is 9.56. The first-order chi connectivity index (χ1) is 10.7. The van der Waals surface area contributed by atoms with Gasteiger partial charge in [0.2, 0.25) is 4.80 Å². The third kappa shape index (κ3) is 3.26. The average molecular weight is 314 g/mol. The van der Waals surface area contributed by atoms with Crippen LogP contribution in [0.25, 0.3) is 10.6 Å². The van der Waals surface area contributed by atoms with Gasteiger partial charge < -0.3 is 5.11 Å². The van der Waals surface area contributed by atoms with Crippen LogP contribution in [0.4, 0.5) is 0 Å². The Morgan fingerprint density at radius 1 is 1.27 bits per heavy atom. The van der Waals surface area contributed by atoms with E-state index in [1.807, 2.05) is 23.9 Å². The molecule has 0 atom stereocenters. The highest BCUT2D eigenvalue weighted by Crippen LogP contribution is 2.22. The number of aliphatic hydroxyl groups is 1. The summed E-state index contributed by atoms with van der Waals surface area (Å²) < 4.78 is 1.81. The molecule has 0 bridgehead atoms. The van der Waals surface area contributed by atoms with Gasteiger partial charge in [-0.05, 0) is 37.8 Å². The summed E-state index contributed by atoms with van der Waals surface area (Å²) in [6, 6.07) is 9.83. The molecular weight excluding hydrogens is 296 g/mol. The Hall–Kier alpha value is -1.97. The maximum Gasteiger partial charge on any atom is 0.203 e. The fourth-order valence-corrected chi connectivity index (χ4v) is 3.57. The van der Waals surface area contributed by atoms with Crippen LogP contribution in [0, 0.1) is 11.3 Å². The minimum atomic E-state index is -0.157. The van der Waals surface area contributed by atoms with Crippen LogP contribution in [0.15, 0.2) is 29.3 Å². The van der Waals surface area contributed by atoms with E-state index in [2.05, 4.69) is 11.2 Å². The topological polar surface area (TPSA) is 74.2 Å². The number of hydrogen-bond donors (Lipinski definition) is 1. The van der Waals surface area contributed by atoms with Crippen molar-refractivity contribution in [3.8, 4) is 16.6 Å². The molecule has 2 aromatic rings. The number of rotatable bonds is 2. The third-order valence-corrected chi connectivity index (χ3v) is 4.99. The van der Waals surface area contributed by atoms with Crippen LogP contribution in [-0.4, -0.2) is 27.0 Å². The molecule has 114 valence electrons. The molecule has 1 saturated carbocycles. The molecule has 0 spiro atoms. The number of aryl methyl sites for hydroxylation is 1. The molecule has 1 N–H and O–H groups in total. The lowest BCUT2D eigenvalue weighted by molar-refractivity contribution is 0.123. The third-order valence-electron chi connectivity index (χ3n) is 3.93. The summed E-state index contributed by atoms with van der Waals surface area (Å²) in [7, 11) is 1.90. The molecule has 1 aromatic carbocycles. The minimum absolute atomic E-state index is 0.157. The van der Waals surface area contributed by atoms with Gasteiger partial charge in [-0.15, -0.1) is 0 Å². The number of benzene rings is 1. The highest BCUT2D eigenvalue weighted by molar-refractivity contribution is 7.12. The molecule has 0 amide bonds. The summed E-state index contributed by atoms with van der Waals surface area (Å²) in [6.07, 6.45) is 3.38. The van der Waals surface area contributed by atoms with Crippen LogP contribution in [0.2, 0.25) is 0 Å². The Kier molecular flexibility index (Phi) is 4.36. The van der Waals surface area contributed by atoms with E-state index in [0.29, 0.717) is 5.56 Å². The number of aliphatic hydroxyl groups excluding tert-OH is 1. The van der Waals surface area contributed by atoms with Crippen LogP contribution in [0.5, 0.6) is 0 Å². The lowest BCUT2D eigenvalue weighted by Crippen LogP contribution is -2.24. The van der Waals surface area contributed by atoms with Crippen LogP contribution in [-0.2, 0) is 7.05 Å². The Balaban J connectivity index is 1.85. The van der Waals surface area contributed by atoms with Gasteiger partial charge in [-0.3, -0.25) is 4.99 Å². The predicted molar refractivity (Wildman–Crippen MR) is 85.1 cm³/mol. The van der Waals surface area contributed by atoms with Crippen molar-refractivity contribution < 1.29 is 5.11 Å². The highest BCUT2D eigenvalue weighted by Gasteiger charge is 2.18. The fourth-order valence-electron chi connectivity index (χ4n) is 2.61. The van der Waals surface area contributed by atoms with Gasteiger partial charge in [-0.2, -0.15) is 10.4 Å². The van der Waals surface area contributed by atoms with Crippen LogP contribution in [0.3, 0.4) is 0 Å². The van der Waals surface area contributed by atoms with E-state index in [1.54, 1.807) is 23.5 Å². The van der Waals surface area contributed by atoms with E-state index in [0.717, 1.165) is 41.1 Å². The summed E-state index contributed by atoms with van der Waals surface area (Å²) in [4.78, 5) is 5.69. The summed E-state index contributed by atoms with van der Waals surface area (Å²) in [6.45, 7) is 0. The summed E-state index contributed by atoms with van der Waals surface area (Å²) in [5.74, 6) is 0. The molecule has 6 heteroatoms. The van der Waals surface area contributed by atoms with Gasteiger partial charge in [-0.1, -0.05) is 23.5 Å². The Morgan fingerprint density at radius 3 is 2.59 bits per heavy atom. The van der Waals surface area contributed by atoms with E-state index in [1.165, 1.54) is 0 Å². The quantitative estimate of drug-likeness (QED) is 0.923.